The smallest absolute Gasteiger partial charge is 0.385 e. The maximum absolute atomic E-state index is 12.6. The highest BCUT2D eigenvalue weighted by Gasteiger charge is 2.29. The minimum atomic E-state index is -4.30. The van der Waals surface area contributed by atoms with E-state index >= 15 is 0 Å². The quantitative estimate of drug-likeness (QED) is 0.675. The number of hydrogen-bond acceptors (Lipinski definition) is 2. The molecule has 6 heteroatoms. The van der Waals surface area contributed by atoms with Gasteiger partial charge in [-0.1, -0.05) is 36.4 Å². The van der Waals surface area contributed by atoms with Crippen LogP contribution in [0.2, 0.25) is 0 Å². The van der Waals surface area contributed by atoms with Crippen molar-refractivity contribution in [2.45, 2.75) is 44.1 Å². The third-order valence-corrected chi connectivity index (χ3v) is 5.16. The molecule has 0 fully saturated rings. The van der Waals surface area contributed by atoms with E-state index in [-0.39, 0.29) is 12.7 Å². The van der Waals surface area contributed by atoms with E-state index in [0.29, 0.717) is 19.5 Å². The summed E-state index contributed by atoms with van der Waals surface area (Å²) in [5, 5.41) is 12.1. The Morgan fingerprint density at radius 2 is 1.86 bits per heavy atom. The van der Waals surface area contributed by atoms with Gasteiger partial charge in [0.15, 0.2) is 0 Å². The van der Waals surface area contributed by atoms with Crippen molar-refractivity contribution < 1.29 is 28.3 Å². The second kappa shape index (κ2) is 9.54. The first kappa shape index (κ1) is 20.8. The third kappa shape index (κ3) is 5.80. The zero-order chi connectivity index (χ0) is 20.0. The van der Waals surface area contributed by atoms with Crippen LogP contribution in [0.5, 0.6) is 0 Å². The molecule has 1 aliphatic carbocycles. The van der Waals surface area contributed by atoms with Crippen molar-refractivity contribution in [1.82, 2.24) is 0 Å². The molecule has 28 heavy (non-hydrogen) atoms. The Hall–Kier alpha value is -1.89. The predicted molar refractivity (Wildman–Crippen MR) is 101 cm³/mol. The van der Waals surface area contributed by atoms with Gasteiger partial charge in [0.2, 0.25) is 0 Å². The Balaban J connectivity index is 1.36. The Kier molecular flexibility index (Phi) is 7.10. The lowest BCUT2D eigenvalue weighted by atomic mass is 9.89. The lowest BCUT2D eigenvalue weighted by Gasteiger charge is -2.26. The summed E-state index contributed by atoms with van der Waals surface area (Å²) in [6, 6.07) is 13.5. The number of benzene rings is 2. The summed E-state index contributed by atoms with van der Waals surface area (Å²) < 4.78 is 43.6. The van der Waals surface area contributed by atoms with Crippen LogP contribution in [0.4, 0.5) is 13.2 Å². The normalized spacial score (nSPS) is 17.9. The minimum Gasteiger partial charge on any atom is -0.385 e. The fourth-order valence-electron chi connectivity index (χ4n) is 3.62. The second-order valence-electron chi connectivity index (χ2n) is 7.32. The molecule has 0 aliphatic heterocycles. The summed E-state index contributed by atoms with van der Waals surface area (Å²) in [5.74, 6) is 0. The topological polar surface area (TPSA) is 46.1 Å². The van der Waals surface area contributed by atoms with E-state index < -0.39 is 17.8 Å². The van der Waals surface area contributed by atoms with Gasteiger partial charge in [-0.15, -0.1) is 0 Å². The predicted octanol–water partition coefficient (Wildman–Crippen LogP) is 3.27. The molecular weight excluding hydrogens is 367 g/mol. The molecule has 2 aromatic carbocycles. The first-order valence-electron chi connectivity index (χ1n) is 9.79. The number of fused-ring (bicyclic) bond motifs is 1. The fourth-order valence-corrected chi connectivity index (χ4v) is 3.62. The number of aliphatic hydroxyl groups is 1. The van der Waals surface area contributed by atoms with Gasteiger partial charge in [-0.25, -0.2) is 0 Å². The first-order valence-corrected chi connectivity index (χ1v) is 9.79. The first-order chi connectivity index (χ1) is 13.4. The van der Waals surface area contributed by atoms with Crippen LogP contribution in [0.25, 0.3) is 0 Å². The highest BCUT2D eigenvalue weighted by Crippen LogP contribution is 2.32. The number of alkyl halides is 3. The number of quaternary nitrogens is 1. The van der Waals surface area contributed by atoms with Gasteiger partial charge in [0, 0.05) is 6.42 Å². The number of aliphatic hydroxyl groups excluding tert-OH is 1. The molecule has 0 heterocycles. The van der Waals surface area contributed by atoms with Crippen molar-refractivity contribution in [2.75, 3.05) is 19.7 Å². The van der Waals surface area contributed by atoms with Crippen LogP contribution in [0.1, 0.15) is 41.2 Å². The lowest BCUT2D eigenvalue weighted by molar-refractivity contribution is -0.660. The standard InChI is InChI=1S/C22H26F3NO2/c23-22(24,25)18-10-8-16(9-11-18)12-13-26-14-19(27)15-28-21-7-3-5-17-4-1-2-6-20(17)21/h1-2,4,6,8-11,19,21,26-27H,3,5,7,12-15H2/p+1/t19-,21-/m0/s1. The molecule has 0 aromatic heterocycles. The molecule has 3 nitrogen and oxygen atoms in total. The molecule has 0 amide bonds. The summed E-state index contributed by atoms with van der Waals surface area (Å²) >= 11 is 0. The van der Waals surface area contributed by atoms with Gasteiger partial charge in [0.05, 0.1) is 24.8 Å². The van der Waals surface area contributed by atoms with Crippen molar-refractivity contribution in [1.29, 1.82) is 0 Å². The van der Waals surface area contributed by atoms with Crippen LogP contribution >= 0.6 is 0 Å². The zero-order valence-corrected chi connectivity index (χ0v) is 15.8. The molecule has 0 saturated carbocycles. The largest absolute Gasteiger partial charge is 0.416 e. The summed E-state index contributed by atoms with van der Waals surface area (Å²) in [6.07, 6.45) is -1.02. The van der Waals surface area contributed by atoms with Gasteiger partial charge in [-0.05, 0) is 48.1 Å². The van der Waals surface area contributed by atoms with E-state index in [1.165, 1.54) is 23.3 Å². The molecule has 152 valence electrons. The molecule has 1 aliphatic rings. The summed E-state index contributed by atoms with van der Waals surface area (Å²) in [7, 11) is 0. The highest BCUT2D eigenvalue weighted by atomic mass is 19.4. The van der Waals surface area contributed by atoms with Crippen molar-refractivity contribution >= 4 is 0 Å². The molecule has 0 saturated heterocycles. The Morgan fingerprint density at radius 1 is 1.11 bits per heavy atom. The third-order valence-electron chi connectivity index (χ3n) is 5.16. The van der Waals surface area contributed by atoms with E-state index in [4.69, 9.17) is 4.74 Å². The number of hydrogen-bond donors (Lipinski definition) is 2. The molecule has 2 aromatic rings. The van der Waals surface area contributed by atoms with Crippen LogP contribution in [0, 0.1) is 0 Å². The van der Waals surface area contributed by atoms with Gasteiger partial charge >= 0.3 is 6.18 Å². The van der Waals surface area contributed by atoms with Gasteiger partial charge in [0.1, 0.15) is 12.6 Å². The molecular formula is C22H27F3NO2+. The molecule has 0 radical (unpaired) electrons. The molecule has 3 N–H and O–H groups in total. The molecule has 0 spiro atoms. The van der Waals surface area contributed by atoms with E-state index in [9.17, 15) is 18.3 Å². The summed E-state index contributed by atoms with van der Waals surface area (Å²) in [6.45, 7) is 1.50. The van der Waals surface area contributed by atoms with Crippen molar-refractivity contribution in [3.8, 4) is 0 Å². The van der Waals surface area contributed by atoms with Crippen molar-refractivity contribution in [3.05, 3.63) is 70.8 Å². The molecule has 2 atom stereocenters. The molecule has 0 bridgehead atoms. The van der Waals surface area contributed by atoms with E-state index in [1.54, 1.807) is 0 Å². The SMILES string of the molecule is O[C@@H](C[NH2+]CCc1ccc(C(F)(F)F)cc1)CO[C@H]1CCCc2ccccc21. The number of rotatable bonds is 8. The van der Waals surface area contributed by atoms with E-state index in [0.717, 1.165) is 37.0 Å². The van der Waals surface area contributed by atoms with Crippen molar-refractivity contribution in [3.63, 3.8) is 0 Å². The van der Waals surface area contributed by atoms with E-state index in [2.05, 4.69) is 12.1 Å². The van der Waals surface area contributed by atoms with E-state index in [1.807, 2.05) is 17.4 Å². The van der Waals surface area contributed by atoms with Gasteiger partial charge in [-0.3, -0.25) is 0 Å². The zero-order valence-electron chi connectivity index (χ0n) is 15.8. The number of aryl methyl sites for hydroxylation is 1. The van der Waals surface area contributed by atoms with Gasteiger partial charge in [-0.2, -0.15) is 13.2 Å². The summed E-state index contributed by atoms with van der Waals surface area (Å²) in [5.41, 5.74) is 2.79. The minimum absolute atomic E-state index is 0.0479. The number of nitrogens with two attached hydrogens (primary N) is 1. The highest BCUT2D eigenvalue weighted by molar-refractivity contribution is 5.31. The maximum atomic E-state index is 12.6. The second-order valence-corrected chi connectivity index (χ2v) is 7.32. The van der Waals surface area contributed by atoms with Crippen LogP contribution in [0.15, 0.2) is 48.5 Å². The lowest BCUT2D eigenvalue weighted by Crippen LogP contribution is -2.87. The van der Waals surface area contributed by atoms with Gasteiger partial charge in [0.25, 0.3) is 0 Å². The monoisotopic (exact) mass is 394 g/mol. The summed E-state index contributed by atoms with van der Waals surface area (Å²) in [4.78, 5) is 0. The maximum Gasteiger partial charge on any atom is 0.416 e. The molecule has 3 rings (SSSR count). The van der Waals surface area contributed by atoms with Crippen LogP contribution < -0.4 is 5.32 Å². The molecule has 0 unspecified atom stereocenters. The Morgan fingerprint density at radius 3 is 2.61 bits per heavy atom. The number of halogens is 3. The van der Waals surface area contributed by atoms with Gasteiger partial charge < -0.3 is 15.2 Å². The Bertz CT molecular complexity index is 746. The number of ether oxygens (including phenoxy) is 1. The van der Waals surface area contributed by atoms with Crippen LogP contribution in [0.3, 0.4) is 0 Å². The van der Waals surface area contributed by atoms with Crippen LogP contribution in [-0.2, 0) is 23.8 Å². The fraction of sp³-hybridized carbons (Fsp3) is 0.455. The van der Waals surface area contributed by atoms with Crippen LogP contribution in [-0.4, -0.2) is 30.9 Å². The average molecular weight is 394 g/mol. The Labute approximate surface area is 163 Å². The average Bonchev–Trinajstić information content (AvgIpc) is 2.69. The van der Waals surface area contributed by atoms with Crippen molar-refractivity contribution in [2.24, 2.45) is 0 Å².